The van der Waals surface area contributed by atoms with Gasteiger partial charge in [-0.25, -0.2) is 0 Å². The minimum Gasteiger partial charge on any atom is -0.194 e. The Morgan fingerprint density at radius 2 is 1.21 bits per heavy atom. The molecule has 0 N–H and O–H groups in total. The standard InChI is InChI=1S/C12H10F7/c1-7(2)8-3-5-9(6-4-8)10(13,14)11(15,16)12(17,18)19/h3-6H,1-2H3. The van der Waals surface area contributed by atoms with Gasteiger partial charge >= 0.3 is 18.0 Å². The molecule has 7 heteroatoms. The highest BCUT2D eigenvalue weighted by Crippen LogP contribution is 2.51. The molecule has 0 aliphatic heterocycles. The van der Waals surface area contributed by atoms with E-state index in [-0.39, 0.29) is 0 Å². The number of rotatable bonds is 3. The summed E-state index contributed by atoms with van der Waals surface area (Å²) in [5, 5.41) is 0. The molecule has 0 bridgehead atoms. The van der Waals surface area contributed by atoms with Crippen molar-refractivity contribution in [3.8, 4) is 0 Å². The molecule has 1 rings (SSSR count). The highest BCUT2D eigenvalue weighted by Gasteiger charge is 2.73. The Bertz CT molecular complexity index is 428. The fourth-order valence-electron chi connectivity index (χ4n) is 1.37. The molecule has 0 saturated heterocycles. The lowest BCUT2D eigenvalue weighted by atomic mass is 9.97. The van der Waals surface area contributed by atoms with Crippen LogP contribution >= 0.6 is 0 Å². The Balaban J connectivity index is 3.20. The van der Waals surface area contributed by atoms with Crippen molar-refractivity contribution in [2.75, 3.05) is 0 Å². The van der Waals surface area contributed by atoms with Crippen molar-refractivity contribution in [3.05, 3.63) is 41.3 Å². The Morgan fingerprint density at radius 3 is 1.53 bits per heavy atom. The highest BCUT2D eigenvalue weighted by molar-refractivity contribution is 5.34. The molecule has 0 aliphatic rings. The van der Waals surface area contributed by atoms with Crippen molar-refractivity contribution in [1.82, 2.24) is 0 Å². The van der Waals surface area contributed by atoms with Gasteiger partial charge in [0, 0.05) is 5.56 Å². The Labute approximate surface area is 105 Å². The van der Waals surface area contributed by atoms with Crippen LogP contribution < -0.4 is 0 Å². The SMILES string of the molecule is C[C](C)c1ccc(C(F)(F)C(F)(F)C(F)(F)F)cc1. The van der Waals surface area contributed by atoms with Gasteiger partial charge in [0.25, 0.3) is 0 Å². The molecule has 1 radical (unpaired) electrons. The van der Waals surface area contributed by atoms with Crippen LogP contribution in [0.25, 0.3) is 0 Å². The Hall–Kier alpha value is -1.27. The molecule has 0 nitrogen and oxygen atoms in total. The molecule has 0 saturated carbocycles. The summed E-state index contributed by atoms with van der Waals surface area (Å²) in [7, 11) is 0. The highest BCUT2D eigenvalue weighted by atomic mass is 19.4. The van der Waals surface area contributed by atoms with Gasteiger partial charge in [-0.05, 0) is 11.5 Å². The van der Waals surface area contributed by atoms with Crippen LogP contribution in [-0.4, -0.2) is 12.1 Å². The third-order valence-corrected chi connectivity index (χ3v) is 2.58. The number of hydrogen-bond donors (Lipinski definition) is 0. The molecule has 0 atom stereocenters. The number of benzene rings is 1. The van der Waals surface area contributed by atoms with Crippen molar-refractivity contribution in [3.63, 3.8) is 0 Å². The molecule has 1 aromatic carbocycles. The average Bonchev–Trinajstić information content (AvgIpc) is 2.27. The van der Waals surface area contributed by atoms with Gasteiger partial charge in [0.1, 0.15) is 0 Å². The van der Waals surface area contributed by atoms with Crippen molar-refractivity contribution in [2.45, 2.75) is 31.9 Å². The zero-order valence-electron chi connectivity index (χ0n) is 9.96. The van der Waals surface area contributed by atoms with E-state index in [0.717, 1.165) is 18.1 Å². The topological polar surface area (TPSA) is 0 Å². The van der Waals surface area contributed by atoms with Gasteiger partial charge < -0.3 is 0 Å². The Morgan fingerprint density at radius 1 is 0.789 bits per heavy atom. The summed E-state index contributed by atoms with van der Waals surface area (Å²) < 4.78 is 88.1. The summed E-state index contributed by atoms with van der Waals surface area (Å²) in [6.45, 7) is 3.30. The monoisotopic (exact) mass is 287 g/mol. The van der Waals surface area contributed by atoms with Crippen LogP contribution in [0.5, 0.6) is 0 Å². The van der Waals surface area contributed by atoms with Gasteiger partial charge in [0.05, 0.1) is 0 Å². The maximum absolute atomic E-state index is 13.3. The number of halogens is 7. The fourth-order valence-corrected chi connectivity index (χ4v) is 1.37. The van der Waals surface area contributed by atoms with Crippen LogP contribution in [0.4, 0.5) is 30.7 Å². The van der Waals surface area contributed by atoms with E-state index in [1.807, 2.05) is 0 Å². The molecule has 107 valence electrons. The maximum atomic E-state index is 13.3. The normalized spacial score (nSPS) is 14.0. The van der Waals surface area contributed by atoms with Crippen molar-refractivity contribution < 1.29 is 30.7 Å². The summed E-state index contributed by atoms with van der Waals surface area (Å²) in [4.78, 5) is 0. The molecule has 0 heterocycles. The second kappa shape index (κ2) is 4.68. The summed E-state index contributed by atoms with van der Waals surface area (Å²) in [5.41, 5.74) is -0.894. The molecule has 0 aliphatic carbocycles. The van der Waals surface area contributed by atoms with E-state index in [4.69, 9.17) is 0 Å². The van der Waals surface area contributed by atoms with Crippen LogP contribution in [-0.2, 0) is 5.92 Å². The second-order valence-electron chi connectivity index (χ2n) is 4.22. The fraction of sp³-hybridized carbons (Fsp3) is 0.417. The van der Waals surface area contributed by atoms with Gasteiger partial charge in [0.15, 0.2) is 0 Å². The van der Waals surface area contributed by atoms with Crippen LogP contribution in [0.1, 0.15) is 25.0 Å². The molecule has 1 aromatic rings. The predicted octanol–water partition coefficient (Wildman–Crippen LogP) is 4.94. The second-order valence-corrected chi connectivity index (χ2v) is 4.22. The third-order valence-electron chi connectivity index (χ3n) is 2.58. The van der Waals surface area contributed by atoms with E-state index in [0.29, 0.717) is 17.7 Å². The van der Waals surface area contributed by atoms with Crippen molar-refractivity contribution >= 4 is 0 Å². The van der Waals surface area contributed by atoms with Gasteiger partial charge in [0.2, 0.25) is 0 Å². The first-order valence-corrected chi connectivity index (χ1v) is 5.14. The molecule has 0 fully saturated rings. The quantitative estimate of drug-likeness (QED) is 0.691. The lowest BCUT2D eigenvalue weighted by Gasteiger charge is -2.28. The van der Waals surface area contributed by atoms with Gasteiger partial charge in [-0.3, -0.25) is 0 Å². The smallest absolute Gasteiger partial charge is 0.194 e. The van der Waals surface area contributed by atoms with E-state index in [1.54, 1.807) is 13.8 Å². The first kappa shape index (κ1) is 15.8. The first-order chi connectivity index (χ1) is 8.41. The van der Waals surface area contributed by atoms with Crippen molar-refractivity contribution in [1.29, 1.82) is 0 Å². The zero-order chi connectivity index (χ0) is 15.1. The van der Waals surface area contributed by atoms with Gasteiger partial charge in [-0.1, -0.05) is 38.1 Å². The molecule has 19 heavy (non-hydrogen) atoms. The van der Waals surface area contributed by atoms with Crippen LogP contribution in [0.3, 0.4) is 0 Å². The van der Waals surface area contributed by atoms with Gasteiger partial charge in [-0.15, -0.1) is 0 Å². The predicted molar refractivity (Wildman–Crippen MR) is 55.0 cm³/mol. The molecular formula is C12H10F7. The average molecular weight is 287 g/mol. The molecule has 0 unspecified atom stereocenters. The van der Waals surface area contributed by atoms with Crippen LogP contribution in [0, 0.1) is 5.92 Å². The summed E-state index contributed by atoms with van der Waals surface area (Å²) >= 11 is 0. The van der Waals surface area contributed by atoms with Crippen LogP contribution in [0.2, 0.25) is 0 Å². The largest absolute Gasteiger partial charge is 0.460 e. The molecular weight excluding hydrogens is 277 g/mol. The lowest BCUT2D eigenvalue weighted by Crippen LogP contribution is -2.50. The molecule has 0 aromatic heterocycles. The summed E-state index contributed by atoms with van der Waals surface area (Å²) in [5.74, 6) is -10.7. The van der Waals surface area contributed by atoms with E-state index < -0.39 is 23.6 Å². The van der Waals surface area contributed by atoms with E-state index in [9.17, 15) is 30.7 Å². The Kier molecular flexibility index (Phi) is 3.89. The minimum atomic E-state index is -6.32. The van der Waals surface area contributed by atoms with E-state index in [2.05, 4.69) is 0 Å². The molecule has 0 amide bonds. The van der Waals surface area contributed by atoms with Crippen molar-refractivity contribution in [2.24, 2.45) is 0 Å². The van der Waals surface area contributed by atoms with E-state index in [1.165, 1.54) is 0 Å². The minimum absolute atomic E-state index is 0.481. The summed E-state index contributed by atoms with van der Waals surface area (Å²) in [6, 6.07) is 3.29. The number of hydrogen-bond acceptors (Lipinski definition) is 0. The van der Waals surface area contributed by atoms with Crippen LogP contribution in [0.15, 0.2) is 24.3 Å². The lowest BCUT2D eigenvalue weighted by molar-refractivity contribution is -0.359. The summed E-state index contributed by atoms with van der Waals surface area (Å²) in [6.07, 6.45) is -6.32. The number of alkyl halides is 7. The van der Waals surface area contributed by atoms with E-state index >= 15 is 0 Å². The third kappa shape index (κ3) is 2.69. The van der Waals surface area contributed by atoms with Gasteiger partial charge in [-0.2, -0.15) is 30.7 Å². The maximum Gasteiger partial charge on any atom is 0.460 e. The zero-order valence-corrected chi connectivity index (χ0v) is 9.96. The molecule has 0 spiro atoms. The first-order valence-electron chi connectivity index (χ1n) is 5.14.